The van der Waals surface area contributed by atoms with Crippen molar-refractivity contribution in [2.24, 2.45) is 0 Å². The molecule has 0 bridgehead atoms. The minimum atomic E-state index is 0.355. The minimum absolute atomic E-state index is 0.355. The van der Waals surface area contributed by atoms with Gasteiger partial charge in [-0.2, -0.15) is 10.4 Å². The Labute approximate surface area is 82.6 Å². The molecule has 0 saturated carbocycles. The Kier molecular flexibility index (Phi) is 1.97. The first kappa shape index (κ1) is 8.76. The maximum Gasteiger partial charge on any atom is 0.0991 e. The highest BCUT2D eigenvalue weighted by atomic mass is 15.3. The second-order valence-corrected chi connectivity index (χ2v) is 3.59. The van der Waals surface area contributed by atoms with Crippen molar-refractivity contribution >= 4 is 10.9 Å². The van der Waals surface area contributed by atoms with Crippen LogP contribution in [0.15, 0.2) is 24.4 Å². The van der Waals surface area contributed by atoms with Crippen LogP contribution in [0.25, 0.3) is 10.9 Å². The molecular formula is C11H11N3. The monoisotopic (exact) mass is 185 g/mol. The predicted molar refractivity (Wildman–Crippen MR) is 54.8 cm³/mol. The van der Waals surface area contributed by atoms with E-state index < -0.39 is 0 Å². The molecule has 0 atom stereocenters. The SMILES string of the molecule is CC(C)n1cc2cc(C#N)ccc2n1. The molecule has 0 aliphatic rings. The highest BCUT2D eigenvalue weighted by molar-refractivity contribution is 5.79. The first-order valence-corrected chi connectivity index (χ1v) is 4.60. The van der Waals surface area contributed by atoms with E-state index in [1.165, 1.54) is 0 Å². The van der Waals surface area contributed by atoms with Gasteiger partial charge >= 0.3 is 0 Å². The number of benzene rings is 1. The second kappa shape index (κ2) is 3.15. The molecule has 1 aromatic heterocycles. The number of hydrogen-bond donors (Lipinski definition) is 0. The van der Waals surface area contributed by atoms with E-state index >= 15 is 0 Å². The molecule has 0 fully saturated rings. The topological polar surface area (TPSA) is 41.6 Å². The summed E-state index contributed by atoms with van der Waals surface area (Å²) in [6.07, 6.45) is 1.97. The van der Waals surface area contributed by atoms with E-state index in [1.54, 1.807) is 6.07 Å². The standard InChI is InChI=1S/C11H11N3/c1-8(2)14-7-10-5-9(6-12)3-4-11(10)13-14/h3-5,7-8H,1-2H3. The molecule has 2 aromatic rings. The Morgan fingerprint density at radius 2 is 2.21 bits per heavy atom. The van der Waals surface area contributed by atoms with Crippen LogP contribution in [0.1, 0.15) is 25.5 Å². The van der Waals surface area contributed by atoms with E-state index in [9.17, 15) is 0 Å². The quantitative estimate of drug-likeness (QED) is 0.684. The van der Waals surface area contributed by atoms with Crippen LogP contribution < -0.4 is 0 Å². The molecule has 0 radical (unpaired) electrons. The van der Waals surface area contributed by atoms with Crippen molar-refractivity contribution < 1.29 is 0 Å². The lowest BCUT2D eigenvalue weighted by Gasteiger charge is -2.02. The molecule has 70 valence electrons. The average molecular weight is 185 g/mol. The lowest BCUT2D eigenvalue weighted by Crippen LogP contribution is -1.99. The van der Waals surface area contributed by atoms with Crippen molar-refractivity contribution in [3.63, 3.8) is 0 Å². The van der Waals surface area contributed by atoms with Crippen molar-refractivity contribution in [2.45, 2.75) is 19.9 Å². The number of aromatic nitrogens is 2. The average Bonchev–Trinajstić information content (AvgIpc) is 2.59. The van der Waals surface area contributed by atoms with Crippen molar-refractivity contribution in [3.05, 3.63) is 30.0 Å². The molecule has 1 aromatic carbocycles. The van der Waals surface area contributed by atoms with Crippen LogP contribution in [-0.4, -0.2) is 9.78 Å². The largest absolute Gasteiger partial charge is 0.269 e. The molecule has 0 amide bonds. The van der Waals surface area contributed by atoms with Gasteiger partial charge in [0.1, 0.15) is 0 Å². The van der Waals surface area contributed by atoms with Crippen LogP contribution in [0.4, 0.5) is 0 Å². The van der Waals surface area contributed by atoms with Crippen LogP contribution in [0.2, 0.25) is 0 Å². The molecule has 0 saturated heterocycles. The van der Waals surface area contributed by atoms with E-state index in [0.29, 0.717) is 11.6 Å². The fraction of sp³-hybridized carbons (Fsp3) is 0.273. The number of nitriles is 1. The number of rotatable bonds is 1. The molecule has 0 spiro atoms. The zero-order chi connectivity index (χ0) is 10.1. The van der Waals surface area contributed by atoms with Crippen molar-refractivity contribution in [2.75, 3.05) is 0 Å². The summed E-state index contributed by atoms with van der Waals surface area (Å²) in [6, 6.07) is 8.01. The minimum Gasteiger partial charge on any atom is -0.269 e. The molecule has 2 rings (SSSR count). The van der Waals surface area contributed by atoms with Gasteiger partial charge in [-0.25, -0.2) is 0 Å². The van der Waals surface area contributed by atoms with Crippen molar-refractivity contribution in [1.29, 1.82) is 5.26 Å². The molecule has 0 N–H and O–H groups in total. The van der Waals surface area contributed by atoms with E-state index in [2.05, 4.69) is 25.0 Å². The molecule has 0 unspecified atom stereocenters. The lowest BCUT2D eigenvalue weighted by molar-refractivity contribution is 0.537. The highest BCUT2D eigenvalue weighted by Gasteiger charge is 2.03. The van der Waals surface area contributed by atoms with Gasteiger partial charge in [0.2, 0.25) is 0 Å². The number of fused-ring (bicyclic) bond motifs is 1. The predicted octanol–water partition coefficient (Wildman–Crippen LogP) is 2.49. The molecular weight excluding hydrogens is 174 g/mol. The normalized spacial score (nSPS) is 10.7. The Bertz CT molecular complexity index is 503. The Balaban J connectivity index is 2.61. The fourth-order valence-electron chi connectivity index (χ4n) is 1.38. The lowest BCUT2D eigenvalue weighted by atomic mass is 10.2. The van der Waals surface area contributed by atoms with Gasteiger partial charge in [-0.15, -0.1) is 0 Å². The summed E-state index contributed by atoms with van der Waals surface area (Å²) in [5.41, 5.74) is 1.62. The fourth-order valence-corrected chi connectivity index (χ4v) is 1.38. The summed E-state index contributed by atoms with van der Waals surface area (Å²) in [5, 5.41) is 14.2. The first-order valence-electron chi connectivity index (χ1n) is 4.60. The number of hydrogen-bond acceptors (Lipinski definition) is 2. The van der Waals surface area contributed by atoms with Crippen LogP contribution in [0.5, 0.6) is 0 Å². The smallest absolute Gasteiger partial charge is 0.0991 e. The second-order valence-electron chi connectivity index (χ2n) is 3.59. The van der Waals surface area contributed by atoms with E-state index in [0.717, 1.165) is 10.9 Å². The summed E-state index contributed by atoms with van der Waals surface area (Å²) in [7, 11) is 0. The summed E-state index contributed by atoms with van der Waals surface area (Å²) in [6.45, 7) is 4.16. The number of nitrogens with zero attached hydrogens (tertiary/aromatic N) is 3. The Morgan fingerprint density at radius 1 is 1.43 bits per heavy atom. The van der Waals surface area contributed by atoms with Crippen molar-refractivity contribution in [1.82, 2.24) is 9.78 Å². The Morgan fingerprint density at radius 3 is 2.86 bits per heavy atom. The third-order valence-electron chi connectivity index (χ3n) is 2.18. The molecule has 0 aliphatic heterocycles. The molecule has 14 heavy (non-hydrogen) atoms. The van der Waals surface area contributed by atoms with E-state index in [1.807, 2.05) is 23.0 Å². The molecule has 1 heterocycles. The Hall–Kier alpha value is -1.82. The van der Waals surface area contributed by atoms with Gasteiger partial charge in [-0.1, -0.05) is 0 Å². The van der Waals surface area contributed by atoms with Gasteiger partial charge in [0, 0.05) is 17.6 Å². The zero-order valence-electron chi connectivity index (χ0n) is 8.23. The molecule has 3 heteroatoms. The van der Waals surface area contributed by atoms with Gasteiger partial charge in [-0.3, -0.25) is 4.68 Å². The van der Waals surface area contributed by atoms with Gasteiger partial charge < -0.3 is 0 Å². The third-order valence-corrected chi connectivity index (χ3v) is 2.18. The van der Waals surface area contributed by atoms with Crippen LogP contribution in [0.3, 0.4) is 0 Å². The maximum absolute atomic E-state index is 8.74. The molecule has 3 nitrogen and oxygen atoms in total. The highest BCUT2D eigenvalue weighted by Crippen LogP contribution is 2.16. The van der Waals surface area contributed by atoms with Gasteiger partial charge in [0.05, 0.1) is 17.1 Å². The summed E-state index contributed by atoms with van der Waals surface area (Å²) >= 11 is 0. The van der Waals surface area contributed by atoms with Gasteiger partial charge in [0.25, 0.3) is 0 Å². The maximum atomic E-state index is 8.74. The third kappa shape index (κ3) is 1.35. The zero-order valence-corrected chi connectivity index (χ0v) is 8.23. The summed E-state index contributed by atoms with van der Waals surface area (Å²) < 4.78 is 1.91. The van der Waals surface area contributed by atoms with E-state index in [4.69, 9.17) is 5.26 Å². The summed E-state index contributed by atoms with van der Waals surface area (Å²) in [4.78, 5) is 0. The van der Waals surface area contributed by atoms with E-state index in [-0.39, 0.29) is 0 Å². The van der Waals surface area contributed by atoms with Gasteiger partial charge in [0.15, 0.2) is 0 Å². The van der Waals surface area contributed by atoms with Crippen LogP contribution in [-0.2, 0) is 0 Å². The summed E-state index contributed by atoms with van der Waals surface area (Å²) in [5.74, 6) is 0. The first-order chi connectivity index (χ1) is 6.70. The van der Waals surface area contributed by atoms with Crippen molar-refractivity contribution in [3.8, 4) is 6.07 Å². The van der Waals surface area contributed by atoms with Crippen LogP contribution >= 0.6 is 0 Å². The molecule has 0 aliphatic carbocycles. The van der Waals surface area contributed by atoms with Crippen LogP contribution in [0, 0.1) is 11.3 Å². The van der Waals surface area contributed by atoms with Gasteiger partial charge in [-0.05, 0) is 32.0 Å².